The molecule has 5 heteroatoms. The molecular weight excluding hydrogens is 275 g/mol. The minimum absolute atomic E-state index is 0.134. The monoisotopic (exact) mass is 282 g/mol. The van der Waals surface area contributed by atoms with Crippen LogP contribution in [-0.4, -0.2) is 15.8 Å². The van der Waals surface area contributed by atoms with Gasteiger partial charge in [0.1, 0.15) is 11.6 Å². The molecule has 0 unspecified atom stereocenters. The summed E-state index contributed by atoms with van der Waals surface area (Å²) in [7, 11) is 0. The van der Waals surface area contributed by atoms with Crippen LogP contribution >= 0.6 is 15.9 Å². The summed E-state index contributed by atoms with van der Waals surface area (Å²) in [4.78, 5) is 18.6. The Balaban J connectivity index is 2.24. The van der Waals surface area contributed by atoms with Gasteiger partial charge in [0.05, 0.1) is 6.42 Å². The predicted molar refractivity (Wildman–Crippen MR) is 60.7 cm³/mol. The third-order valence-electron chi connectivity index (χ3n) is 2.11. The van der Waals surface area contributed by atoms with E-state index in [2.05, 4.69) is 25.9 Å². The summed E-state index contributed by atoms with van der Waals surface area (Å²) in [6.07, 6.45) is 3.35. The van der Waals surface area contributed by atoms with Gasteiger partial charge < -0.3 is 4.98 Å². The first-order chi connectivity index (χ1) is 7.66. The Hall–Kier alpha value is -1.49. The lowest BCUT2D eigenvalue weighted by atomic mass is 10.1. The average Bonchev–Trinajstić information content (AvgIpc) is 2.74. The van der Waals surface area contributed by atoms with Crippen molar-refractivity contribution in [1.29, 1.82) is 0 Å². The van der Waals surface area contributed by atoms with Crippen molar-refractivity contribution >= 4 is 21.7 Å². The normalized spacial score (nSPS) is 10.4. The van der Waals surface area contributed by atoms with Gasteiger partial charge in [0, 0.05) is 22.4 Å². The van der Waals surface area contributed by atoms with E-state index in [9.17, 15) is 9.18 Å². The van der Waals surface area contributed by atoms with Gasteiger partial charge in [-0.25, -0.2) is 9.37 Å². The van der Waals surface area contributed by atoms with Crippen molar-refractivity contribution in [2.24, 2.45) is 0 Å². The molecule has 0 atom stereocenters. The number of carbonyl (C=O) groups excluding carboxylic acids is 1. The highest BCUT2D eigenvalue weighted by Gasteiger charge is 2.12. The topological polar surface area (TPSA) is 45.8 Å². The number of hydrogen-bond acceptors (Lipinski definition) is 2. The second-order valence-electron chi connectivity index (χ2n) is 3.26. The number of aromatic amines is 1. The van der Waals surface area contributed by atoms with E-state index in [1.54, 1.807) is 12.4 Å². The van der Waals surface area contributed by atoms with Crippen LogP contribution in [0.3, 0.4) is 0 Å². The Morgan fingerprint density at radius 3 is 3.00 bits per heavy atom. The zero-order valence-corrected chi connectivity index (χ0v) is 9.79. The minimum atomic E-state index is -0.425. The maximum Gasteiger partial charge on any atom is 0.171 e. The highest BCUT2D eigenvalue weighted by molar-refractivity contribution is 9.10. The first kappa shape index (κ1) is 11.0. The van der Waals surface area contributed by atoms with Crippen molar-refractivity contribution in [3.05, 3.63) is 52.3 Å². The Morgan fingerprint density at radius 2 is 2.31 bits per heavy atom. The molecular formula is C11H8BrFN2O. The van der Waals surface area contributed by atoms with Crippen LogP contribution in [0, 0.1) is 5.82 Å². The van der Waals surface area contributed by atoms with Gasteiger partial charge in [-0.3, -0.25) is 4.79 Å². The fourth-order valence-electron chi connectivity index (χ4n) is 1.35. The van der Waals surface area contributed by atoms with Gasteiger partial charge in [-0.2, -0.15) is 0 Å². The molecule has 16 heavy (non-hydrogen) atoms. The molecule has 3 nitrogen and oxygen atoms in total. The summed E-state index contributed by atoms with van der Waals surface area (Å²) < 4.78 is 13.6. The average molecular weight is 283 g/mol. The van der Waals surface area contributed by atoms with Crippen LogP contribution in [-0.2, 0) is 6.42 Å². The number of ketones is 1. The van der Waals surface area contributed by atoms with Gasteiger partial charge in [0.25, 0.3) is 0 Å². The van der Waals surface area contributed by atoms with Crippen molar-refractivity contribution in [2.75, 3.05) is 0 Å². The highest BCUT2D eigenvalue weighted by Crippen LogP contribution is 2.19. The molecule has 0 saturated carbocycles. The smallest absolute Gasteiger partial charge is 0.171 e. The van der Waals surface area contributed by atoms with Gasteiger partial charge in [-0.15, -0.1) is 0 Å². The Kier molecular flexibility index (Phi) is 3.14. The Bertz CT molecular complexity index is 511. The number of nitrogens with one attached hydrogen (secondary N) is 1. The molecule has 1 heterocycles. The van der Waals surface area contributed by atoms with Crippen LogP contribution in [0.5, 0.6) is 0 Å². The molecule has 0 radical (unpaired) electrons. The van der Waals surface area contributed by atoms with Gasteiger partial charge in [0.15, 0.2) is 5.78 Å². The Labute approximate surface area is 99.8 Å². The number of carbonyl (C=O) groups is 1. The van der Waals surface area contributed by atoms with E-state index in [4.69, 9.17) is 0 Å². The highest BCUT2D eigenvalue weighted by atomic mass is 79.9. The third kappa shape index (κ3) is 2.36. The lowest BCUT2D eigenvalue weighted by molar-refractivity contribution is 0.0990. The molecule has 0 aliphatic rings. The fourth-order valence-corrected chi connectivity index (χ4v) is 1.82. The van der Waals surface area contributed by atoms with Crippen LogP contribution < -0.4 is 0 Å². The van der Waals surface area contributed by atoms with Crippen molar-refractivity contribution < 1.29 is 9.18 Å². The van der Waals surface area contributed by atoms with E-state index in [-0.39, 0.29) is 12.2 Å². The summed E-state index contributed by atoms with van der Waals surface area (Å²) in [5.41, 5.74) is 0.330. The van der Waals surface area contributed by atoms with E-state index >= 15 is 0 Å². The number of benzene rings is 1. The minimum Gasteiger partial charge on any atom is -0.348 e. The second kappa shape index (κ2) is 4.57. The van der Waals surface area contributed by atoms with E-state index in [1.165, 1.54) is 18.2 Å². The third-order valence-corrected chi connectivity index (χ3v) is 2.80. The molecule has 82 valence electrons. The first-order valence-corrected chi connectivity index (χ1v) is 5.42. The maximum absolute atomic E-state index is 13.0. The van der Waals surface area contributed by atoms with Crippen LogP contribution in [0.15, 0.2) is 35.1 Å². The predicted octanol–water partition coefficient (Wildman–Crippen LogP) is 2.74. The number of rotatable bonds is 3. The van der Waals surface area contributed by atoms with Crippen molar-refractivity contribution in [1.82, 2.24) is 9.97 Å². The summed E-state index contributed by atoms with van der Waals surface area (Å²) in [5, 5.41) is 0. The van der Waals surface area contributed by atoms with E-state index in [0.29, 0.717) is 15.9 Å². The molecule has 0 aliphatic heterocycles. The molecule has 1 aromatic carbocycles. The zero-order valence-electron chi connectivity index (χ0n) is 8.21. The molecule has 0 bridgehead atoms. The molecule has 0 fully saturated rings. The molecule has 0 spiro atoms. The molecule has 0 amide bonds. The number of halogens is 2. The van der Waals surface area contributed by atoms with E-state index < -0.39 is 5.82 Å². The lowest BCUT2D eigenvalue weighted by Crippen LogP contribution is -2.06. The van der Waals surface area contributed by atoms with Crippen LogP contribution in [0.25, 0.3) is 0 Å². The zero-order chi connectivity index (χ0) is 11.5. The molecule has 1 aromatic heterocycles. The van der Waals surface area contributed by atoms with Crippen LogP contribution in [0.4, 0.5) is 4.39 Å². The molecule has 1 N–H and O–H groups in total. The number of H-pyrrole nitrogens is 1. The van der Waals surface area contributed by atoms with Crippen LogP contribution in [0.2, 0.25) is 0 Å². The summed E-state index contributed by atoms with van der Waals surface area (Å²) in [6, 6.07) is 4.04. The number of Topliss-reactive ketones (excluding diaryl/α,β-unsaturated/α-hetero) is 1. The SMILES string of the molecule is O=C(Cc1ncc[nH]1)c1cc(F)ccc1Br. The molecule has 2 aromatic rings. The van der Waals surface area contributed by atoms with Gasteiger partial charge in [-0.1, -0.05) is 15.9 Å². The molecule has 2 rings (SSSR count). The van der Waals surface area contributed by atoms with Gasteiger partial charge in [0.2, 0.25) is 0 Å². The largest absolute Gasteiger partial charge is 0.348 e. The van der Waals surface area contributed by atoms with Gasteiger partial charge in [-0.05, 0) is 18.2 Å². The van der Waals surface area contributed by atoms with Crippen LogP contribution in [0.1, 0.15) is 16.2 Å². The fraction of sp³-hybridized carbons (Fsp3) is 0.0909. The number of imidazole rings is 1. The first-order valence-electron chi connectivity index (χ1n) is 4.63. The van der Waals surface area contributed by atoms with Gasteiger partial charge >= 0.3 is 0 Å². The summed E-state index contributed by atoms with van der Waals surface area (Å²) in [5.74, 6) is -0.0338. The quantitative estimate of drug-likeness (QED) is 0.880. The van der Waals surface area contributed by atoms with E-state index in [1.807, 2.05) is 0 Å². The van der Waals surface area contributed by atoms with Crippen molar-refractivity contribution in [2.45, 2.75) is 6.42 Å². The van der Waals surface area contributed by atoms with Crippen molar-refractivity contribution in [3.8, 4) is 0 Å². The molecule has 0 aliphatic carbocycles. The maximum atomic E-state index is 13.0. The second-order valence-corrected chi connectivity index (χ2v) is 4.11. The molecule has 0 saturated heterocycles. The number of aromatic nitrogens is 2. The number of nitrogens with zero attached hydrogens (tertiary/aromatic N) is 1. The summed E-state index contributed by atoms with van der Waals surface area (Å²) in [6.45, 7) is 0. The van der Waals surface area contributed by atoms with E-state index in [0.717, 1.165) is 0 Å². The summed E-state index contributed by atoms with van der Waals surface area (Å²) >= 11 is 3.22. The lowest BCUT2D eigenvalue weighted by Gasteiger charge is -2.02. The standard InChI is InChI=1S/C11H8BrFN2O/c12-9-2-1-7(13)5-8(9)10(16)6-11-14-3-4-15-11/h1-5H,6H2,(H,14,15). The van der Waals surface area contributed by atoms with Crippen molar-refractivity contribution in [3.63, 3.8) is 0 Å². The number of hydrogen-bond donors (Lipinski definition) is 1. The Morgan fingerprint density at radius 1 is 1.50 bits per heavy atom.